The van der Waals surface area contributed by atoms with Gasteiger partial charge in [0.25, 0.3) is 0 Å². The van der Waals surface area contributed by atoms with Gasteiger partial charge in [-0.1, -0.05) is 18.2 Å². The number of benzene rings is 1. The lowest BCUT2D eigenvalue weighted by molar-refractivity contribution is -0.128. The van der Waals surface area contributed by atoms with E-state index in [1.165, 1.54) is 4.90 Å². The Balaban J connectivity index is 2.30. The van der Waals surface area contributed by atoms with Gasteiger partial charge in [-0.15, -0.1) is 11.8 Å². The molecule has 0 fully saturated rings. The van der Waals surface area contributed by atoms with Crippen molar-refractivity contribution in [3.8, 4) is 0 Å². The predicted octanol–water partition coefficient (Wildman–Crippen LogP) is 1.91. The molecule has 1 aromatic rings. The maximum Gasteiger partial charge on any atom is 0.223 e. The average Bonchev–Trinajstić information content (AvgIpc) is 2.27. The number of hydrogen-bond donors (Lipinski definition) is 0. The number of hydrogen-bond acceptors (Lipinski definition) is 2. The van der Waals surface area contributed by atoms with Gasteiger partial charge in [0.1, 0.15) is 0 Å². The Hall–Kier alpha value is -1.00. The summed E-state index contributed by atoms with van der Waals surface area (Å²) in [5.74, 6) is 0.678. The largest absolute Gasteiger partial charge is 0.349 e. The standard InChI is InChI=1S/C12H17N2OS/c1-14(2)12(15)8-10(13)9-16-11-6-4-3-5-7-11/h3-7,10,13H,8-9H2,1-2H3/t10-/m1/s1. The van der Waals surface area contributed by atoms with Crippen LogP contribution < -0.4 is 5.73 Å². The molecule has 4 heteroatoms. The van der Waals surface area contributed by atoms with Gasteiger partial charge in [0.15, 0.2) is 0 Å². The maximum absolute atomic E-state index is 11.4. The zero-order valence-electron chi connectivity index (χ0n) is 9.64. The van der Waals surface area contributed by atoms with Gasteiger partial charge < -0.3 is 4.90 Å². The SMILES string of the molecule is CN(C)C(=O)C[C@@H]([NH])CSc1ccccc1. The van der Waals surface area contributed by atoms with Crippen LogP contribution in [0.2, 0.25) is 0 Å². The fraction of sp³-hybridized carbons (Fsp3) is 0.417. The van der Waals surface area contributed by atoms with Gasteiger partial charge in [0.05, 0.1) is 0 Å². The number of rotatable bonds is 5. The van der Waals surface area contributed by atoms with Gasteiger partial charge in [-0.05, 0) is 12.1 Å². The highest BCUT2D eigenvalue weighted by Crippen LogP contribution is 2.18. The van der Waals surface area contributed by atoms with Crippen molar-refractivity contribution in [3.63, 3.8) is 0 Å². The molecular weight excluding hydrogens is 220 g/mol. The van der Waals surface area contributed by atoms with Crippen molar-refractivity contribution < 1.29 is 4.79 Å². The van der Waals surface area contributed by atoms with Crippen LogP contribution in [0, 0.1) is 0 Å². The molecule has 1 amide bonds. The lowest BCUT2D eigenvalue weighted by Crippen LogP contribution is -2.28. The summed E-state index contributed by atoms with van der Waals surface area (Å²) in [6, 6.07) is 9.63. The molecule has 0 saturated carbocycles. The van der Waals surface area contributed by atoms with Gasteiger partial charge >= 0.3 is 0 Å². The van der Waals surface area contributed by atoms with Gasteiger partial charge in [-0.25, -0.2) is 0 Å². The van der Waals surface area contributed by atoms with Crippen LogP contribution in [0.5, 0.6) is 0 Å². The van der Waals surface area contributed by atoms with Crippen molar-refractivity contribution in [1.29, 1.82) is 0 Å². The minimum atomic E-state index is -0.333. The fourth-order valence-corrected chi connectivity index (χ4v) is 2.03. The van der Waals surface area contributed by atoms with Crippen LogP contribution >= 0.6 is 11.8 Å². The van der Waals surface area contributed by atoms with Crippen LogP contribution in [0.3, 0.4) is 0 Å². The van der Waals surface area contributed by atoms with Crippen LogP contribution in [0.15, 0.2) is 35.2 Å². The third-order valence-corrected chi connectivity index (χ3v) is 3.29. The Morgan fingerprint density at radius 1 is 1.38 bits per heavy atom. The first-order valence-corrected chi connectivity index (χ1v) is 6.17. The van der Waals surface area contributed by atoms with Crippen molar-refractivity contribution in [2.75, 3.05) is 19.8 Å². The highest BCUT2D eigenvalue weighted by molar-refractivity contribution is 7.99. The Bertz CT molecular complexity index is 327. The first kappa shape index (κ1) is 13.1. The Morgan fingerprint density at radius 3 is 2.56 bits per heavy atom. The molecule has 0 aliphatic carbocycles. The Morgan fingerprint density at radius 2 is 2.00 bits per heavy atom. The molecule has 1 radical (unpaired) electrons. The predicted molar refractivity (Wildman–Crippen MR) is 67.4 cm³/mol. The van der Waals surface area contributed by atoms with E-state index < -0.39 is 0 Å². The summed E-state index contributed by atoms with van der Waals surface area (Å²) in [5, 5.41) is 0. The number of carbonyl (C=O) groups is 1. The van der Waals surface area contributed by atoms with Gasteiger partial charge in [0.2, 0.25) is 5.91 Å². The first-order valence-electron chi connectivity index (χ1n) is 5.18. The van der Waals surface area contributed by atoms with Crippen molar-refractivity contribution in [3.05, 3.63) is 30.3 Å². The maximum atomic E-state index is 11.4. The lowest BCUT2D eigenvalue weighted by Gasteiger charge is -2.14. The molecule has 0 saturated heterocycles. The molecule has 0 spiro atoms. The molecule has 0 bridgehead atoms. The van der Waals surface area contributed by atoms with Crippen LogP contribution in [0.25, 0.3) is 0 Å². The molecule has 0 aliphatic rings. The molecule has 3 nitrogen and oxygen atoms in total. The minimum absolute atomic E-state index is 0.0219. The van der Waals surface area contributed by atoms with Crippen molar-refractivity contribution in [1.82, 2.24) is 10.6 Å². The second-order valence-electron chi connectivity index (χ2n) is 3.81. The molecule has 0 aromatic heterocycles. The first-order chi connectivity index (χ1) is 7.59. The van der Waals surface area contributed by atoms with E-state index in [1.54, 1.807) is 25.9 Å². The van der Waals surface area contributed by atoms with E-state index in [0.717, 1.165) is 4.90 Å². The van der Waals surface area contributed by atoms with E-state index in [9.17, 15) is 4.79 Å². The zero-order valence-corrected chi connectivity index (χ0v) is 10.5. The minimum Gasteiger partial charge on any atom is -0.349 e. The van der Waals surface area contributed by atoms with Crippen molar-refractivity contribution in [2.45, 2.75) is 17.4 Å². The van der Waals surface area contributed by atoms with Gasteiger partial charge in [0, 0.05) is 37.2 Å². The lowest BCUT2D eigenvalue weighted by atomic mass is 10.2. The molecule has 16 heavy (non-hydrogen) atoms. The summed E-state index contributed by atoms with van der Waals surface area (Å²) >= 11 is 1.62. The van der Waals surface area contributed by atoms with Gasteiger partial charge in [-0.3, -0.25) is 10.5 Å². The molecule has 0 unspecified atom stereocenters. The molecule has 1 atom stereocenters. The molecule has 87 valence electrons. The summed E-state index contributed by atoms with van der Waals surface area (Å²) in [4.78, 5) is 14.0. The summed E-state index contributed by atoms with van der Waals surface area (Å²) in [7, 11) is 3.44. The van der Waals surface area contributed by atoms with E-state index in [-0.39, 0.29) is 11.9 Å². The second-order valence-corrected chi connectivity index (χ2v) is 4.91. The van der Waals surface area contributed by atoms with Crippen molar-refractivity contribution >= 4 is 17.7 Å². The monoisotopic (exact) mass is 237 g/mol. The normalized spacial score (nSPS) is 12.2. The van der Waals surface area contributed by atoms with E-state index >= 15 is 0 Å². The molecule has 1 rings (SSSR count). The summed E-state index contributed by atoms with van der Waals surface area (Å²) in [6.45, 7) is 0. The molecule has 1 N–H and O–H groups in total. The molecule has 1 aromatic carbocycles. The number of thioether (sulfide) groups is 1. The highest BCUT2D eigenvalue weighted by Gasteiger charge is 2.11. The number of amides is 1. The smallest absolute Gasteiger partial charge is 0.223 e. The molecule has 0 heterocycles. The van der Waals surface area contributed by atoms with Crippen LogP contribution in [0.4, 0.5) is 0 Å². The molecule has 0 aliphatic heterocycles. The van der Waals surface area contributed by atoms with E-state index in [4.69, 9.17) is 5.73 Å². The Kier molecular flexibility index (Phi) is 5.35. The topological polar surface area (TPSA) is 44.1 Å². The second kappa shape index (κ2) is 6.55. The van der Waals surface area contributed by atoms with Crippen LogP contribution in [-0.2, 0) is 4.79 Å². The average molecular weight is 237 g/mol. The molecular formula is C12H17N2OS. The Labute approximate surface area is 101 Å². The van der Waals surface area contributed by atoms with Gasteiger partial charge in [-0.2, -0.15) is 0 Å². The third-order valence-electron chi connectivity index (χ3n) is 2.11. The highest BCUT2D eigenvalue weighted by atomic mass is 32.2. The number of nitrogens with one attached hydrogen (secondary N) is 1. The van der Waals surface area contributed by atoms with Crippen LogP contribution in [-0.4, -0.2) is 36.7 Å². The van der Waals surface area contributed by atoms with Crippen molar-refractivity contribution in [2.24, 2.45) is 0 Å². The fourth-order valence-electron chi connectivity index (χ4n) is 1.17. The quantitative estimate of drug-likeness (QED) is 0.734. The number of carbonyl (C=O) groups excluding carboxylic acids is 1. The summed E-state index contributed by atoms with van der Waals surface area (Å²) in [5.41, 5.74) is 7.78. The summed E-state index contributed by atoms with van der Waals surface area (Å²) in [6.07, 6.45) is 0.298. The van der Waals surface area contributed by atoms with E-state index in [0.29, 0.717) is 12.2 Å². The number of nitrogens with zero attached hydrogens (tertiary/aromatic N) is 1. The van der Waals surface area contributed by atoms with E-state index in [2.05, 4.69) is 0 Å². The van der Waals surface area contributed by atoms with E-state index in [1.807, 2.05) is 30.3 Å². The summed E-state index contributed by atoms with van der Waals surface area (Å²) < 4.78 is 0. The third kappa shape index (κ3) is 4.68. The zero-order chi connectivity index (χ0) is 12.0. The van der Waals surface area contributed by atoms with Crippen LogP contribution in [0.1, 0.15) is 6.42 Å².